The van der Waals surface area contributed by atoms with Crippen molar-refractivity contribution in [1.82, 2.24) is 10.6 Å². The highest BCUT2D eigenvalue weighted by molar-refractivity contribution is 6.30. The van der Waals surface area contributed by atoms with E-state index in [0.29, 0.717) is 27.4 Å². The third-order valence-electron chi connectivity index (χ3n) is 5.67. The van der Waals surface area contributed by atoms with Crippen LogP contribution in [0.4, 0.5) is 10.1 Å². The Bertz CT molecular complexity index is 1490. The molecule has 0 heterocycles. The molecule has 3 amide bonds. The summed E-state index contributed by atoms with van der Waals surface area (Å²) >= 11 is 5.97. The van der Waals surface area contributed by atoms with Gasteiger partial charge in [-0.25, -0.2) is 4.39 Å². The summed E-state index contributed by atoms with van der Waals surface area (Å²) in [7, 11) is 0. The lowest BCUT2D eigenvalue weighted by Gasteiger charge is -2.12. The standard InChI is InChI=1S/C31H25ClFN3O3/c32-25-13-9-21(10-14-25)18-28(36-30(38)24-6-2-1-3-7-24)31(39)35-27-15-11-22(12-16-27)19-29(37)34-20-23-5-4-8-26(33)17-23/h1-18H,19-20H2,(H,34,37)(H,35,39)(H,36,38). The molecule has 0 aliphatic rings. The minimum Gasteiger partial charge on any atom is -0.352 e. The average Bonchev–Trinajstić information content (AvgIpc) is 2.94. The molecule has 0 spiro atoms. The van der Waals surface area contributed by atoms with Gasteiger partial charge in [-0.05, 0) is 71.3 Å². The Hall–Kier alpha value is -4.75. The van der Waals surface area contributed by atoms with E-state index in [1.165, 1.54) is 12.1 Å². The summed E-state index contributed by atoms with van der Waals surface area (Å²) in [5, 5.41) is 8.78. The van der Waals surface area contributed by atoms with Crippen LogP contribution in [0.5, 0.6) is 0 Å². The van der Waals surface area contributed by atoms with Crippen molar-refractivity contribution in [2.75, 3.05) is 5.32 Å². The van der Waals surface area contributed by atoms with Gasteiger partial charge in [0.1, 0.15) is 11.5 Å². The van der Waals surface area contributed by atoms with E-state index in [1.54, 1.807) is 97.1 Å². The Morgan fingerprint density at radius 1 is 0.795 bits per heavy atom. The number of hydrogen-bond donors (Lipinski definition) is 3. The summed E-state index contributed by atoms with van der Waals surface area (Å²) in [4.78, 5) is 38.2. The Balaban J connectivity index is 1.40. The quantitative estimate of drug-likeness (QED) is 0.236. The van der Waals surface area contributed by atoms with Crippen LogP contribution in [-0.4, -0.2) is 17.7 Å². The van der Waals surface area contributed by atoms with E-state index in [4.69, 9.17) is 11.6 Å². The molecule has 0 aromatic heterocycles. The van der Waals surface area contributed by atoms with Crippen molar-refractivity contribution in [3.8, 4) is 0 Å². The minimum atomic E-state index is -0.519. The Labute approximate surface area is 230 Å². The maximum Gasteiger partial charge on any atom is 0.272 e. The van der Waals surface area contributed by atoms with Crippen LogP contribution in [0.25, 0.3) is 6.08 Å². The van der Waals surface area contributed by atoms with Crippen LogP contribution in [0.15, 0.2) is 109 Å². The van der Waals surface area contributed by atoms with Crippen LogP contribution in [0.1, 0.15) is 27.0 Å². The molecule has 196 valence electrons. The fourth-order valence-electron chi connectivity index (χ4n) is 3.67. The molecule has 0 fully saturated rings. The summed E-state index contributed by atoms with van der Waals surface area (Å²) in [5.41, 5.74) is 3.03. The zero-order valence-electron chi connectivity index (χ0n) is 20.8. The van der Waals surface area contributed by atoms with Gasteiger partial charge < -0.3 is 16.0 Å². The number of carbonyl (C=O) groups is 3. The lowest BCUT2D eigenvalue weighted by molar-refractivity contribution is -0.120. The van der Waals surface area contributed by atoms with Gasteiger partial charge in [0.25, 0.3) is 11.8 Å². The van der Waals surface area contributed by atoms with E-state index in [0.717, 1.165) is 5.56 Å². The first-order valence-electron chi connectivity index (χ1n) is 12.1. The third kappa shape index (κ3) is 8.38. The predicted molar refractivity (Wildman–Crippen MR) is 150 cm³/mol. The maximum absolute atomic E-state index is 13.3. The average molecular weight is 542 g/mol. The van der Waals surface area contributed by atoms with E-state index in [2.05, 4.69) is 16.0 Å². The van der Waals surface area contributed by atoms with Crippen LogP contribution in [0, 0.1) is 5.82 Å². The highest BCUT2D eigenvalue weighted by Gasteiger charge is 2.15. The molecule has 0 bridgehead atoms. The molecule has 0 atom stereocenters. The number of hydrogen-bond acceptors (Lipinski definition) is 3. The lowest BCUT2D eigenvalue weighted by atomic mass is 10.1. The maximum atomic E-state index is 13.3. The fraction of sp³-hybridized carbons (Fsp3) is 0.0645. The number of carbonyl (C=O) groups excluding carboxylic acids is 3. The fourth-order valence-corrected chi connectivity index (χ4v) is 3.79. The molecule has 8 heteroatoms. The number of halogens is 2. The third-order valence-corrected chi connectivity index (χ3v) is 5.92. The monoisotopic (exact) mass is 541 g/mol. The first kappa shape index (κ1) is 27.3. The van der Waals surface area contributed by atoms with E-state index in [1.807, 2.05) is 0 Å². The number of amides is 3. The van der Waals surface area contributed by atoms with Gasteiger partial charge in [-0.3, -0.25) is 14.4 Å². The van der Waals surface area contributed by atoms with Crippen LogP contribution in [0.2, 0.25) is 5.02 Å². The molecule has 0 unspecified atom stereocenters. The van der Waals surface area contributed by atoms with Crippen LogP contribution < -0.4 is 16.0 Å². The summed E-state index contributed by atoms with van der Waals surface area (Å²) in [6.07, 6.45) is 1.68. The summed E-state index contributed by atoms with van der Waals surface area (Å²) in [6.45, 7) is 0.224. The van der Waals surface area contributed by atoms with E-state index >= 15 is 0 Å². The van der Waals surface area contributed by atoms with Gasteiger partial charge in [0.05, 0.1) is 6.42 Å². The van der Waals surface area contributed by atoms with Gasteiger partial charge in [0.15, 0.2) is 0 Å². The molecular weight excluding hydrogens is 517 g/mol. The smallest absolute Gasteiger partial charge is 0.272 e. The second kappa shape index (κ2) is 13.2. The molecule has 4 aromatic carbocycles. The summed E-state index contributed by atoms with van der Waals surface area (Å²) < 4.78 is 13.3. The van der Waals surface area contributed by atoms with E-state index < -0.39 is 11.8 Å². The predicted octanol–water partition coefficient (Wildman–Crippen LogP) is 5.75. The second-order valence-corrected chi connectivity index (χ2v) is 9.10. The van der Waals surface area contributed by atoms with Gasteiger partial charge in [0.2, 0.25) is 5.91 Å². The van der Waals surface area contributed by atoms with Crippen molar-refractivity contribution >= 4 is 41.1 Å². The Morgan fingerprint density at radius 3 is 2.21 bits per heavy atom. The molecular formula is C31H25ClFN3O3. The van der Waals surface area contributed by atoms with E-state index in [9.17, 15) is 18.8 Å². The van der Waals surface area contributed by atoms with Gasteiger partial charge in [-0.15, -0.1) is 0 Å². The molecule has 4 rings (SSSR count). The van der Waals surface area contributed by atoms with Crippen molar-refractivity contribution in [3.63, 3.8) is 0 Å². The molecule has 4 aromatic rings. The number of anilines is 1. The van der Waals surface area contributed by atoms with Crippen molar-refractivity contribution in [1.29, 1.82) is 0 Å². The zero-order chi connectivity index (χ0) is 27.6. The number of nitrogens with one attached hydrogen (secondary N) is 3. The van der Waals surface area contributed by atoms with Gasteiger partial charge >= 0.3 is 0 Å². The molecule has 39 heavy (non-hydrogen) atoms. The van der Waals surface area contributed by atoms with Gasteiger partial charge in [0, 0.05) is 22.8 Å². The molecule has 6 nitrogen and oxygen atoms in total. The molecule has 0 aliphatic heterocycles. The van der Waals surface area contributed by atoms with Crippen molar-refractivity contribution in [3.05, 3.63) is 142 Å². The van der Waals surface area contributed by atoms with Gasteiger partial charge in [-0.2, -0.15) is 0 Å². The normalized spacial score (nSPS) is 11.0. The molecule has 0 saturated heterocycles. The minimum absolute atomic E-state index is 0.0481. The van der Waals surface area contributed by atoms with E-state index in [-0.39, 0.29) is 30.4 Å². The van der Waals surface area contributed by atoms with Crippen molar-refractivity contribution < 1.29 is 18.8 Å². The molecule has 0 aliphatic carbocycles. The first-order valence-corrected chi connectivity index (χ1v) is 12.5. The molecule has 0 radical (unpaired) electrons. The highest BCUT2D eigenvalue weighted by atomic mass is 35.5. The largest absolute Gasteiger partial charge is 0.352 e. The lowest BCUT2D eigenvalue weighted by Crippen LogP contribution is -2.30. The zero-order valence-corrected chi connectivity index (χ0v) is 21.5. The topological polar surface area (TPSA) is 87.3 Å². The molecule has 3 N–H and O–H groups in total. The second-order valence-electron chi connectivity index (χ2n) is 8.66. The Kier molecular flexibility index (Phi) is 9.21. The molecule has 0 saturated carbocycles. The summed E-state index contributed by atoms with van der Waals surface area (Å²) in [6, 6.07) is 28.3. The first-order chi connectivity index (χ1) is 18.9. The number of rotatable bonds is 9. The SMILES string of the molecule is O=C(Cc1ccc(NC(=O)C(=Cc2ccc(Cl)cc2)NC(=O)c2ccccc2)cc1)NCc1cccc(F)c1. The van der Waals surface area contributed by atoms with Crippen molar-refractivity contribution in [2.45, 2.75) is 13.0 Å². The summed E-state index contributed by atoms with van der Waals surface area (Å²) in [5.74, 6) is -1.52. The van der Waals surface area contributed by atoms with Crippen LogP contribution in [0.3, 0.4) is 0 Å². The Morgan fingerprint density at radius 2 is 1.51 bits per heavy atom. The number of benzene rings is 4. The van der Waals surface area contributed by atoms with Crippen molar-refractivity contribution in [2.24, 2.45) is 0 Å². The van der Waals surface area contributed by atoms with Gasteiger partial charge in [-0.1, -0.05) is 66.2 Å². The highest BCUT2D eigenvalue weighted by Crippen LogP contribution is 2.15. The van der Waals surface area contributed by atoms with Crippen LogP contribution >= 0.6 is 11.6 Å². The van der Waals surface area contributed by atoms with Crippen LogP contribution in [-0.2, 0) is 22.6 Å².